The molecule has 152 valence electrons. The maximum absolute atomic E-state index is 13.0. The number of carbonyl (C=O) groups is 1. The summed E-state index contributed by atoms with van der Waals surface area (Å²) in [6.45, 7) is 6.04. The number of hydrogen-bond donors (Lipinski definition) is 1. The van der Waals surface area contributed by atoms with Crippen LogP contribution < -0.4 is 14.8 Å². The molecule has 0 aliphatic heterocycles. The van der Waals surface area contributed by atoms with Crippen molar-refractivity contribution in [2.75, 3.05) is 18.5 Å². The van der Waals surface area contributed by atoms with Gasteiger partial charge in [-0.15, -0.1) is 13.0 Å². The molecule has 6 heteroatoms. The summed E-state index contributed by atoms with van der Waals surface area (Å²) < 4.78 is 24.3. The molecule has 0 saturated carbocycles. The van der Waals surface area contributed by atoms with E-state index in [0.717, 1.165) is 5.56 Å². The van der Waals surface area contributed by atoms with Crippen molar-refractivity contribution in [3.05, 3.63) is 71.6 Å². The molecule has 5 nitrogen and oxygen atoms in total. The van der Waals surface area contributed by atoms with Crippen molar-refractivity contribution in [1.82, 2.24) is 0 Å². The number of benzene rings is 2. The largest absolute Gasteiger partial charge is 0.490 e. The van der Waals surface area contributed by atoms with Crippen LogP contribution in [0.1, 0.15) is 18.1 Å². The molecule has 0 radical (unpaired) electrons. The Morgan fingerprint density at radius 2 is 2.03 bits per heavy atom. The zero-order valence-electron chi connectivity index (χ0n) is 16.6. The maximum atomic E-state index is 13.0. The molecule has 2 rings (SSSR count). The third kappa shape index (κ3) is 5.98. The van der Waals surface area contributed by atoms with Gasteiger partial charge >= 0.3 is 0 Å². The summed E-state index contributed by atoms with van der Waals surface area (Å²) in [6, 6.07) is 10.6. The van der Waals surface area contributed by atoms with Crippen LogP contribution in [0.25, 0.3) is 6.08 Å². The number of carbonyl (C=O) groups excluding carboxylic acids is 1. The smallest absolute Gasteiger partial charge is 0.266 e. The standard InChI is InChI=1S/C24H21FN2O3/c1-4-7-18-13-17(15-22(29-6-3)23(18)30-12-5-2)14-19(16-26)24(28)27-21-10-8-20(25)9-11-21/h2,4,8-11,13-15H,1,6-7,12H2,3H3,(H,27,28)/b19-14+. The average molecular weight is 404 g/mol. The van der Waals surface area contributed by atoms with Gasteiger partial charge < -0.3 is 14.8 Å². The molecule has 0 bridgehead atoms. The topological polar surface area (TPSA) is 71.3 Å². The molecule has 0 unspecified atom stereocenters. The number of terminal acetylenes is 1. The molecule has 0 heterocycles. The van der Waals surface area contributed by atoms with Gasteiger partial charge in [0.05, 0.1) is 6.61 Å². The van der Waals surface area contributed by atoms with Gasteiger partial charge in [0, 0.05) is 11.3 Å². The van der Waals surface area contributed by atoms with E-state index in [2.05, 4.69) is 17.8 Å². The lowest BCUT2D eigenvalue weighted by Crippen LogP contribution is -2.13. The van der Waals surface area contributed by atoms with Gasteiger partial charge in [-0.25, -0.2) is 4.39 Å². The van der Waals surface area contributed by atoms with Gasteiger partial charge in [-0.2, -0.15) is 5.26 Å². The van der Waals surface area contributed by atoms with E-state index < -0.39 is 11.7 Å². The van der Waals surface area contributed by atoms with Gasteiger partial charge in [0.2, 0.25) is 0 Å². The van der Waals surface area contributed by atoms with E-state index in [9.17, 15) is 14.4 Å². The van der Waals surface area contributed by atoms with Crippen molar-refractivity contribution in [3.8, 4) is 29.9 Å². The summed E-state index contributed by atoms with van der Waals surface area (Å²) in [5, 5.41) is 12.0. The minimum Gasteiger partial charge on any atom is -0.490 e. The molecule has 0 aliphatic rings. The van der Waals surface area contributed by atoms with Gasteiger partial charge in [-0.3, -0.25) is 4.79 Å². The lowest BCUT2D eigenvalue weighted by atomic mass is 10.0. The summed E-state index contributed by atoms with van der Waals surface area (Å²) in [4.78, 5) is 12.5. The molecule has 0 aromatic heterocycles. The molecule has 2 aromatic rings. The van der Waals surface area contributed by atoms with Crippen LogP contribution in [0.5, 0.6) is 11.5 Å². The Morgan fingerprint density at radius 3 is 2.63 bits per heavy atom. The van der Waals surface area contributed by atoms with Gasteiger partial charge in [-0.05, 0) is 61.4 Å². The molecule has 2 aromatic carbocycles. The van der Waals surface area contributed by atoms with Gasteiger partial charge in [0.1, 0.15) is 24.1 Å². The number of ether oxygens (including phenoxy) is 2. The van der Waals surface area contributed by atoms with Crippen LogP contribution in [0.4, 0.5) is 10.1 Å². The van der Waals surface area contributed by atoms with E-state index in [0.29, 0.717) is 35.8 Å². The van der Waals surface area contributed by atoms with Crippen molar-refractivity contribution in [2.45, 2.75) is 13.3 Å². The fourth-order valence-electron chi connectivity index (χ4n) is 2.66. The number of nitrogens with zero attached hydrogens (tertiary/aromatic N) is 1. The number of amides is 1. The van der Waals surface area contributed by atoms with E-state index in [1.807, 2.05) is 13.0 Å². The molecular formula is C24H21FN2O3. The molecule has 30 heavy (non-hydrogen) atoms. The van der Waals surface area contributed by atoms with Crippen LogP contribution in [0, 0.1) is 29.5 Å². The van der Waals surface area contributed by atoms with Crippen LogP contribution in [-0.2, 0) is 11.2 Å². The number of nitrogens with one attached hydrogen (secondary N) is 1. The van der Waals surface area contributed by atoms with E-state index in [-0.39, 0.29) is 12.2 Å². The monoisotopic (exact) mass is 404 g/mol. The van der Waals surface area contributed by atoms with Crippen molar-refractivity contribution >= 4 is 17.7 Å². The lowest BCUT2D eigenvalue weighted by molar-refractivity contribution is -0.112. The Morgan fingerprint density at radius 1 is 1.30 bits per heavy atom. The first-order valence-corrected chi connectivity index (χ1v) is 9.18. The molecule has 0 fully saturated rings. The second-order valence-electron chi connectivity index (χ2n) is 6.06. The second kappa shape index (κ2) is 11.1. The summed E-state index contributed by atoms with van der Waals surface area (Å²) in [6.07, 6.45) is 8.92. The van der Waals surface area contributed by atoms with Crippen molar-refractivity contribution in [1.29, 1.82) is 5.26 Å². The molecular weight excluding hydrogens is 383 g/mol. The Bertz CT molecular complexity index is 1030. The Labute approximate surface area is 175 Å². The Balaban J connectivity index is 2.41. The zero-order valence-corrected chi connectivity index (χ0v) is 16.6. The van der Waals surface area contributed by atoms with E-state index >= 15 is 0 Å². The third-order valence-corrected chi connectivity index (χ3v) is 3.90. The fraction of sp³-hybridized carbons (Fsp3) is 0.167. The predicted molar refractivity (Wildman–Crippen MR) is 114 cm³/mol. The number of allylic oxidation sites excluding steroid dienone is 1. The first kappa shape index (κ1) is 22.3. The zero-order chi connectivity index (χ0) is 21.9. The number of nitriles is 1. The van der Waals surface area contributed by atoms with Gasteiger partial charge in [0.15, 0.2) is 11.5 Å². The van der Waals surface area contributed by atoms with E-state index in [4.69, 9.17) is 15.9 Å². The molecule has 0 atom stereocenters. The highest BCUT2D eigenvalue weighted by molar-refractivity contribution is 6.09. The minimum atomic E-state index is -0.611. The highest BCUT2D eigenvalue weighted by atomic mass is 19.1. The predicted octanol–water partition coefficient (Wildman–Crippen LogP) is 4.51. The highest BCUT2D eigenvalue weighted by Crippen LogP contribution is 2.34. The van der Waals surface area contributed by atoms with Crippen molar-refractivity contribution < 1.29 is 18.7 Å². The summed E-state index contributed by atoms with van der Waals surface area (Å²) in [7, 11) is 0. The van der Waals surface area contributed by atoms with Gasteiger partial charge in [-0.1, -0.05) is 12.0 Å². The number of halogens is 1. The van der Waals surface area contributed by atoms with Crippen molar-refractivity contribution in [2.24, 2.45) is 0 Å². The first-order valence-electron chi connectivity index (χ1n) is 9.18. The summed E-state index contributed by atoms with van der Waals surface area (Å²) in [5.41, 5.74) is 1.59. The number of hydrogen-bond acceptors (Lipinski definition) is 4. The quantitative estimate of drug-likeness (QED) is 0.289. The van der Waals surface area contributed by atoms with Crippen LogP contribution in [-0.4, -0.2) is 19.1 Å². The fourth-order valence-corrected chi connectivity index (χ4v) is 2.66. The van der Waals surface area contributed by atoms with E-state index in [1.165, 1.54) is 30.3 Å². The van der Waals surface area contributed by atoms with Crippen LogP contribution in [0.15, 0.2) is 54.6 Å². The first-order chi connectivity index (χ1) is 14.5. The SMILES string of the molecule is C#CCOc1c(CC=C)cc(/C=C(\C#N)C(=O)Nc2ccc(F)cc2)cc1OCC. The lowest BCUT2D eigenvalue weighted by Gasteiger charge is -2.15. The Hall–Kier alpha value is -4.03. The molecule has 0 spiro atoms. The highest BCUT2D eigenvalue weighted by Gasteiger charge is 2.15. The van der Waals surface area contributed by atoms with Gasteiger partial charge in [0.25, 0.3) is 5.91 Å². The molecule has 0 saturated heterocycles. The normalized spacial score (nSPS) is 10.5. The van der Waals surface area contributed by atoms with E-state index in [1.54, 1.807) is 18.2 Å². The summed E-state index contributed by atoms with van der Waals surface area (Å²) >= 11 is 0. The van der Waals surface area contributed by atoms with Crippen molar-refractivity contribution in [3.63, 3.8) is 0 Å². The molecule has 1 N–H and O–H groups in total. The summed E-state index contributed by atoms with van der Waals surface area (Å²) in [5.74, 6) is 2.34. The number of anilines is 1. The minimum absolute atomic E-state index is 0.0723. The van der Waals surface area contributed by atoms with Crippen LogP contribution >= 0.6 is 0 Å². The second-order valence-corrected chi connectivity index (χ2v) is 6.06. The molecule has 0 aliphatic carbocycles. The maximum Gasteiger partial charge on any atom is 0.266 e. The molecule has 1 amide bonds. The van der Waals surface area contributed by atoms with Crippen LogP contribution in [0.3, 0.4) is 0 Å². The third-order valence-electron chi connectivity index (χ3n) is 3.90. The average Bonchev–Trinajstić information content (AvgIpc) is 2.73. The van der Waals surface area contributed by atoms with Crippen LogP contribution in [0.2, 0.25) is 0 Å². The Kier molecular flexibility index (Phi) is 8.23. The number of rotatable bonds is 9.